The molecule has 0 unspecified atom stereocenters. The number of amides is 11. The number of phenols is 1. The first kappa shape index (κ1) is 60.9. The average Bonchev–Trinajstić information content (AvgIpc) is 3.87. The summed E-state index contributed by atoms with van der Waals surface area (Å²) in [7, 11) is 2.03. The van der Waals surface area contributed by atoms with Crippen LogP contribution in [0.3, 0.4) is 0 Å². The maximum Gasteiger partial charge on any atom is 0.246 e. The predicted octanol–water partition coefficient (Wildman–Crippen LogP) is -5.01. The van der Waals surface area contributed by atoms with Crippen LogP contribution in [0.15, 0.2) is 59.6 Å². The summed E-state index contributed by atoms with van der Waals surface area (Å²) >= 11 is 0. The molecule has 2 aromatic carbocycles. The minimum absolute atomic E-state index is 0.00645. The number of likely N-dealkylation sites (tertiary alicyclic amines) is 1. The smallest absolute Gasteiger partial charge is 0.246 e. The zero-order valence-electron chi connectivity index (χ0n) is 41.5. The molecule has 0 spiro atoms. The average molecular weight is 1100 g/mol. The van der Waals surface area contributed by atoms with E-state index in [1.54, 1.807) is 30.3 Å². The molecule has 2 aliphatic rings. The summed E-state index contributed by atoms with van der Waals surface area (Å²) in [6.45, 7) is -0.421. The lowest BCUT2D eigenvalue weighted by Gasteiger charge is -2.31. The van der Waals surface area contributed by atoms with E-state index in [9.17, 15) is 57.8 Å². The lowest BCUT2D eigenvalue weighted by molar-refractivity contribution is -0.142. The summed E-state index contributed by atoms with van der Waals surface area (Å²) in [5.41, 5.74) is 34.4. The van der Waals surface area contributed by atoms with Crippen molar-refractivity contribution >= 4 is 92.5 Å². The van der Waals surface area contributed by atoms with E-state index < -0.39 is 146 Å². The second kappa shape index (κ2) is 30.6. The molecule has 11 amide bonds. The molecule has 2 heterocycles. The molecule has 0 aliphatic carbocycles. The molecule has 2 aromatic rings. The molecule has 0 bridgehead atoms. The van der Waals surface area contributed by atoms with E-state index in [0.717, 1.165) is 21.6 Å². The van der Waals surface area contributed by atoms with E-state index in [-0.39, 0.29) is 68.4 Å². The number of hydrogen-bond acceptors (Lipinski definition) is 16. The molecule has 0 radical (unpaired) electrons. The monoisotopic (exact) mass is 1100 g/mol. The second-order valence-electron chi connectivity index (χ2n) is 17.9. The van der Waals surface area contributed by atoms with Gasteiger partial charge in [-0.2, -0.15) is 0 Å². The lowest BCUT2D eigenvalue weighted by Crippen LogP contribution is -2.61. The maximum atomic E-state index is 14.7. The number of hydrogen-bond donors (Lipinski definition) is 14. The van der Waals surface area contributed by atoms with Crippen LogP contribution in [0.1, 0.15) is 62.5 Å². The summed E-state index contributed by atoms with van der Waals surface area (Å²) in [6.07, 6.45) is -1.33. The number of nitrogens with one attached hydrogen (secondary N) is 7. The van der Waals surface area contributed by atoms with Crippen molar-refractivity contribution in [3.63, 3.8) is 0 Å². The summed E-state index contributed by atoms with van der Waals surface area (Å²) in [5.74, 6) is -10.00. The molecule has 4 rings (SSSR count). The molecule has 0 saturated carbocycles. The highest BCUT2D eigenvalue weighted by Gasteiger charge is 2.40. The molecule has 27 nitrogen and oxygen atoms in total. The summed E-state index contributed by atoms with van der Waals surface area (Å²) in [6, 6.07) is 3.17. The van der Waals surface area contributed by atoms with E-state index in [1.807, 2.05) is 0 Å². The van der Waals surface area contributed by atoms with Gasteiger partial charge in [-0.1, -0.05) is 64.1 Å². The molecular formula is C47H67N15O12S2. The largest absolute Gasteiger partial charge is 0.508 e. The number of aromatic hydroxyl groups is 1. The van der Waals surface area contributed by atoms with Crippen molar-refractivity contribution in [1.29, 1.82) is 0 Å². The first-order valence-electron chi connectivity index (χ1n) is 24.2. The Bertz CT molecular complexity index is 2430. The Kier molecular flexibility index (Phi) is 24.6. The normalized spacial score (nSPS) is 22.5. The second-order valence-corrected chi connectivity index (χ2v) is 20.5. The van der Waals surface area contributed by atoms with Crippen LogP contribution in [-0.2, 0) is 65.6 Å². The van der Waals surface area contributed by atoms with Gasteiger partial charge in [0.15, 0.2) is 5.96 Å². The Balaban J connectivity index is 1.72. The standard InChI is InChI=1S/C47H67N15O12S2/c48-28-23-75-76-24-34(46(74)62-19-5-9-35(62)45(73)58-29(8-4-18-54-47(52)53)40(68)55-22-38(51)66)61-42(70)31(15-17-37(50)65)56-41(69)30(14-16-36(49)64)57-43(71)33(20-25-6-2-1-3-7-25)60-44(72)32(59-39(28)67)21-26-10-12-27(63)13-11-26/h1-3,6-7,10-13,28-35,63H,4-5,8-9,14-24,48H2,(H2,49,64)(H2,50,65)(H2,51,66)(H,55,68)(H,56,69)(H,57,71)(H,58,73)(H,59,67)(H,60,72)(H,61,70)(H4,52,53,54)/t28-,29-,30-,31-,32-,33-,34-,35-/m0/s1. The van der Waals surface area contributed by atoms with Gasteiger partial charge in [0.1, 0.15) is 48.0 Å². The van der Waals surface area contributed by atoms with Gasteiger partial charge in [-0.3, -0.25) is 57.7 Å². The van der Waals surface area contributed by atoms with Crippen molar-refractivity contribution in [3.05, 3.63) is 65.7 Å². The fourth-order valence-corrected chi connectivity index (χ4v) is 10.2. The molecule has 2 aliphatic heterocycles. The van der Waals surface area contributed by atoms with Gasteiger partial charge in [-0.25, -0.2) is 0 Å². The Hall–Kier alpha value is -7.66. The Labute approximate surface area is 445 Å². The number of carbonyl (C=O) groups excluding carboxylic acids is 11. The van der Waals surface area contributed by atoms with Gasteiger partial charge < -0.3 is 81.6 Å². The number of primary amides is 3. The molecule has 0 aromatic heterocycles. The van der Waals surface area contributed by atoms with Crippen LogP contribution in [0, 0.1) is 0 Å². The van der Waals surface area contributed by atoms with Crippen LogP contribution >= 0.6 is 21.6 Å². The summed E-state index contributed by atoms with van der Waals surface area (Å²) in [4.78, 5) is 154. The van der Waals surface area contributed by atoms with Crippen LogP contribution in [0.2, 0.25) is 0 Å². The minimum Gasteiger partial charge on any atom is -0.508 e. The van der Waals surface area contributed by atoms with Crippen LogP contribution in [0.25, 0.3) is 0 Å². The lowest BCUT2D eigenvalue weighted by atomic mass is 10.0. The fraction of sp³-hybridized carbons (Fsp3) is 0.489. The Morgan fingerprint density at radius 1 is 0.684 bits per heavy atom. The van der Waals surface area contributed by atoms with Crippen LogP contribution in [0.5, 0.6) is 5.75 Å². The molecule has 76 heavy (non-hydrogen) atoms. The van der Waals surface area contributed by atoms with E-state index >= 15 is 0 Å². The molecule has 8 atom stereocenters. The quantitative estimate of drug-likeness (QED) is 0.0255. The third kappa shape index (κ3) is 20.6. The maximum absolute atomic E-state index is 14.7. The number of nitrogens with zero attached hydrogens (tertiary/aromatic N) is 2. The molecular weight excluding hydrogens is 1030 g/mol. The number of guanidine groups is 1. The van der Waals surface area contributed by atoms with Crippen LogP contribution < -0.4 is 71.6 Å². The number of aliphatic imine (C=N–C) groups is 1. The van der Waals surface area contributed by atoms with Gasteiger partial charge in [0.05, 0.1) is 12.6 Å². The van der Waals surface area contributed by atoms with Crippen molar-refractivity contribution in [2.24, 2.45) is 39.4 Å². The van der Waals surface area contributed by atoms with Gasteiger partial charge in [0.25, 0.3) is 0 Å². The van der Waals surface area contributed by atoms with Crippen LogP contribution in [-0.4, -0.2) is 160 Å². The van der Waals surface area contributed by atoms with Crippen molar-refractivity contribution in [2.75, 3.05) is 31.1 Å². The van der Waals surface area contributed by atoms with Crippen molar-refractivity contribution in [3.8, 4) is 5.75 Å². The van der Waals surface area contributed by atoms with E-state index in [4.69, 9.17) is 34.4 Å². The number of rotatable bonds is 20. The number of carbonyl (C=O) groups is 11. The number of phenolic OH excluding ortho intramolecular Hbond substituents is 1. The van der Waals surface area contributed by atoms with E-state index in [1.165, 1.54) is 29.2 Å². The Morgan fingerprint density at radius 2 is 1.21 bits per heavy atom. The fourth-order valence-electron chi connectivity index (χ4n) is 7.94. The predicted molar refractivity (Wildman–Crippen MR) is 280 cm³/mol. The topological polar surface area (TPSA) is 464 Å². The summed E-state index contributed by atoms with van der Waals surface area (Å²) < 4.78 is 0. The number of benzene rings is 2. The first-order valence-corrected chi connectivity index (χ1v) is 26.7. The molecule has 2 fully saturated rings. The molecule has 414 valence electrons. The van der Waals surface area contributed by atoms with E-state index in [0.29, 0.717) is 17.5 Å². The zero-order valence-corrected chi connectivity index (χ0v) is 43.2. The molecule has 2 saturated heterocycles. The number of nitrogens with two attached hydrogens (primary N) is 6. The zero-order chi connectivity index (χ0) is 55.9. The Morgan fingerprint density at radius 3 is 1.78 bits per heavy atom. The third-order valence-corrected chi connectivity index (χ3v) is 14.4. The highest BCUT2D eigenvalue weighted by Crippen LogP contribution is 2.26. The van der Waals surface area contributed by atoms with Crippen LogP contribution in [0.4, 0.5) is 0 Å². The third-order valence-electron chi connectivity index (χ3n) is 11.9. The van der Waals surface area contributed by atoms with Gasteiger partial charge in [-0.05, 0) is 61.8 Å². The van der Waals surface area contributed by atoms with Gasteiger partial charge in [-0.15, -0.1) is 0 Å². The van der Waals surface area contributed by atoms with Crippen molar-refractivity contribution in [1.82, 2.24) is 42.1 Å². The van der Waals surface area contributed by atoms with Gasteiger partial charge >= 0.3 is 0 Å². The summed E-state index contributed by atoms with van der Waals surface area (Å²) in [5, 5.41) is 27.9. The minimum atomic E-state index is -1.61. The van der Waals surface area contributed by atoms with Gasteiger partial charge in [0, 0.05) is 50.3 Å². The highest BCUT2D eigenvalue weighted by atomic mass is 33.1. The SMILES string of the molecule is NC(=O)CC[C@@H]1NC(=O)[C@H](Cc2ccccc2)NC(=O)[C@H](Cc2ccc(O)cc2)NC(=O)[C@@H](N)CSSC[C@@H](C(=O)N2CCC[C@H]2C(=O)N[C@@H](CCCN=C(N)N)C(=O)NCC(N)=O)NC(=O)[C@H](CCC(N)=O)NC1=O. The van der Waals surface area contributed by atoms with Gasteiger partial charge in [0.2, 0.25) is 65.0 Å². The first-order chi connectivity index (χ1) is 36.1. The molecule has 20 N–H and O–H groups in total. The highest BCUT2D eigenvalue weighted by molar-refractivity contribution is 8.76. The molecule has 29 heteroatoms. The van der Waals surface area contributed by atoms with Crippen molar-refractivity contribution in [2.45, 2.75) is 113 Å². The van der Waals surface area contributed by atoms with Crippen molar-refractivity contribution < 1.29 is 57.8 Å². The van der Waals surface area contributed by atoms with E-state index in [2.05, 4.69) is 42.2 Å².